The quantitative estimate of drug-likeness (QED) is 0.826. The molecular weight excluding hydrogens is 223 g/mol. The monoisotopic (exact) mass is 234 g/mol. The largest absolute Gasteiger partial charge is 0.352 e. The van der Waals surface area contributed by atoms with Crippen LogP contribution in [-0.2, 0) is 6.42 Å². The maximum absolute atomic E-state index is 13.2. The molecule has 0 saturated heterocycles. The molecule has 88 valence electrons. The number of amides is 1. The highest BCUT2D eigenvalue weighted by molar-refractivity contribution is 5.94. The van der Waals surface area contributed by atoms with Crippen LogP contribution in [0.1, 0.15) is 16.1 Å². The molecule has 2 rings (SSSR count). The molecule has 0 aliphatic heterocycles. The number of hydrogen-bond donors (Lipinski definition) is 2. The Morgan fingerprint density at radius 1 is 1.41 bits per heavy atom. The Bertz CT molecular complexity index is 498. The van der Waals surface area contributed by atoms with Gasteiger partial charge in [-0.05, 0) is 6.07 Å². The Kier molecular flexibility index (Phi) is 3.44. The molecule has 0 aliphatic carbocycles. The molecule has 2 N–H and O–H groups in total. The Labute approximate surface area is 97.1 Å². The summed E-state index contributed by atoms with van der Waals surface area (Å²) in [7, 11) is 0. The second kappa shape index (κ2) is 5.20. The van der Waals surface area contributed by atoms with Crippen LogP contribution < -0.4 is 5.32 Å². The number of halogens is 1. The second-order valence-electron chi connectivity index (χ2n) is 3.44. The van der Waals surface area contributed by atoms with Crippen molar-refractivity contribution in [1.29, 1.82) is 0 Å². The van der Waals surface area contributed by atoms with Gasteiger partial charge in [0.1, 0.15) is 0 Å². The van der Waals surface area contributed by atoms with Crippen LogP contribution in [0, 0.1) is 5.82 Å². The first-order valence-electron chi connectivity index (χ1n) is 5.12. The van der Waals surface area contributed by atoms with Gasteiger partial charge in [0.05, 0.1) is 18.1 Å². The van der Waals surface area contributed by atoms with Crippen molar-refractivity contribution in [1.82, 2.24) is 20.3 Å². The fourth-order valence-corrected chi connectivity index (χ4v) is 1.39. The van der Waals surface area contributed by atoms with Gasteiger partial charge in [-0.3, -0.25) is 9.78 Å². The number of rotatable bonds is 4. The van der Waals surface area contributed by atoms with Gasteiger partial charge in [0, 0.05) is 31.1 Å². The topological polar surface area (TPSA) is 70.7 Å². The number of nitrogens with one attached hydrogen (secondary N) is 2. The molecule has 1 amide bonds. The molecule has 2 aromatic rings. The lowest BCUT2D eigenvalue weighted by Crippen LogP contribution is -2.26. The zero-order valence-corrected chi connectivity index (χ0v) is 8.98. The van der Waals surface area contributed by atoms with E-state index in [0.717, 1.165) is 11.9 Å². The lowest BCUT2D eigenvalue weighted by molar-refractivity contribution is 0.0950. The van der Waals surface area contributed by atoms with Gasteiger partial charge in [-0.1, -0.05) is 0 Å². The summed E-state index contributed by atoms with van der Waals surface area (Å²) in [5, 5.41) is 2.62. The minimum absolute atomic E-state index is 0.00427. The minimum atomic E-state index is -0.619. The predicted octanol–water partition coefficient (Wildman–Crippen LogP) is 0.916. The van der Waals surface area contributed by atoms with E-state index in [1.54, 1.807) is 12.5 Å². The number of carbonyl (C=O) groups excluding carboxylic acids is 1. The maximum atomic E-state index is 13.2. The van der Waals surface area contributed by atoms with Gasteiger partial charge < -0.3 is 10.3 Å². The first-order valence-corrected chi connectivity index (χ1v) is 5.12. The first-order chi connectivity index (χ1) is 8.27. The number of carbonyl (C=O) groups is 1. The molecule has 0 radical (unpaired) electrons. The van der Waals surface area contributed by atoms with Crippen LogP contribution in [0.3, 0.4) is 0 Å². The summed E-state index contributed by atoms with van der Waals surface area (Å²) in [6.07, 6.45) is 6.27. The normalized spacial score (nSPS) is 10.2. The second-order valence-corrected chi connectivity index (χ2v) is 3.44. The van der Waals surface area contributed by atoms with Crippen LogP contribution in [0.2, 0.25) is 0 Å². The van der Waals surface area contributed by atoms with E-state index in [1.807, 2.05) is 0 Å². The molecular formula is C11H11FN4O. The zero-order valence-electron chi connectivity index (χ0n) is 8.98. The molecule has 2 heterocycles. The zero-order chi connectivity index (χ0) is 12.1. The first kappa shape index (κ1) is 11.3. The highest BCUT2D eigenvalue weighted by Gasteiger charge is 2.10. The van der Waals surface area contributed by atoms with Crippen molar-refractivity contribution in [3.05, 3.63) is 48.1 Å². The highest BCUT2D eigenvalue weighted by Crippen LogP contribution is 2.03. The number of nitrogens with zero attached hydrogens (tertiary/aromatic N) is 2. The molecule has 0 saturated carbocycles. The maximum Gasteiger partial charge on any atom is 0.254 e. The Balaban J connectivity index is 1.88. The van der Waals surface area contributed by atoms with Gasteiger partial charge in [-0.2, -0.15) is 0 Å². The number of imidazole rings is 1. The van der Waals surface area contributed by atoms with E-state index in [4.69, 9.17) is 0 Å². The van der Waals surface area contributed by atoms with Crippen LogP contribution in [0.25, 0.3) is 0 Å². The molecule has 17 heavy (non-hydrogen) atoms. The molecule has 5 nitrogen and oxygen atoms in total. The molecule has 0 atom stereocenters. The number of aromatic amines is 1. The van der Waals surface area contributed by atoms with Gasteiger partial charge in [-0.25, -0.2) is 9.37 Å². The van der Waals surface area contributed by atoms with Crippen molar-refractivity contribution >= 4 is 5.91 Å². The van der Waals surface area contributed by atoms with E-state index in [2.05, 4.69) is 20.3 Å². The number of H-pyrrole nitrogens is 1. The molecule has 0 bridgehead atoms. The molecule has 0 unspecified atom stereocenters. The summed E-state index contributed by atoms with van der Waals surface area (Å²) in [6.45, 7) is 0.419. The lowest BCUT2D eigenvalue weighted by atomic mass is 10.2. The third kappa shape index (κ3) is 2.87. The molecule has 0 fully saturated rings. The molecule has 0 aromatic carbocycles. The number of hydrogen-bond acceptors (Lipinski definition) is 3. The standard InChI is InChI=1S/C11H11FN4O/c12-10-6-13-3-2-9(10)11(17)15-4-1-8-5-14-7-16-8/h2-3,5-7H,1,4H2,(H,14,16)(H,15,17). The van der Waals surface area contributed by atoms with E-state index in [-0.39, 0.29) is 5.56 Å². The average Bonchev–Trinajstić information content (AvgIpc) is 2.82. The van der Waals surface area contributed by atoms with Gasteiger partial charge >= 0.3 is 0 Å². The van der Waals surface area contributed by atoms with E-state index in [9.17, 15) is 9.18 Å². The van der Waals surface area contributed by atoms with Crippen molar-refractivity contribution in [3.8, 4) is 0 Å². The molecule has 6 heteroatoms. The fourth-order valence-electron chi connectivity index (χ4n) is 1.39. The smallest absolute Gasteiger partial charge is 0.254 e. The van der Waals surface area contributed by atoms with E-state index < -0.39 is 11.7 Å². The average molecular weight is 234 g/mol. The Hall–Kier alpha value is -2.24. The van der Waals surface area contributed by atoms with Crippen LogP contribution in [-0.4, -0.2) is 27.4 Å². The summed E-state index contributed by atoms with van der Waals surface area (Å²) in [4.78, 5) is 21.9. The van der Waals surface area contributed by atoms with E-state index in [1.165, 1.54) is 12.3 Å². The van der Waals surface area contributed by atoms with Gasteiger partial charge in [0.15, 0.2) is 5.82 Å². The van der Waals surface area contributed by atoms with Crippen LogP contribution in [0.5, 0.6) is 0 Å². The summed E-state index contributed by atoms with van der Waals surface area (Å²) in [6, 6.07) is 1.35. The highest BCUT2D eigenvalue weighted by atomic mass is 19.1. The van der Waals surface area contributed by atoms with Crippen LogP contribution >= 0.6 is 0 Å². The third-order valence-corrected chi connectivity index (χ3v) is 2.25. The van der Waals surface area contributed by atoms with Crippen molar-refractivity contribution in [2.75, 3.05) is 6.54 Å². The number of pyridine rings is 1. The van der Waals surface area contributed by atoms with Crippen molar-refractivity contribution < 1.29 is 9.18 Å². The molecule has 0 aliphatic rings. The summed E-state index contributed by atoms with van der Waals surface area (Å²) in [5.74, 6) is -1.06. The minimum Gasteiger partial charge on any atom is -0.352 e. The fraction of sp³-hybridized carbons (Fsp3) is 0.182. The Morgan fingerprint density at radius 3 is 3.00 bits per heavy atom. The number of aromatic nitrogens is 3. The predicted molar refractivity (Wildman–Crippen MR) is 58.8 cm³/mol. The van der Waals surface area contributed by atoms with Crippen LogP contribution in [0.15, 0.2) is 31.0 Å². The van der Waals surface area contributed by atoms with Crippen molar-refractivity contribution in [3.63, 3.8) is 0 Å². The lowest BCUT2D eigenvalue weighted by Gasteiger charge is -2.04. The van der Waals surface area contributed by atoms with E-state index >= 15 is 0 Å². The third-order valence-electron chi connectivity index (χ3n) is 2.25. The molecule has 2 aromatic heterocycles. The van der Waals surface area contributed by atoms with Crippen molar-refractivity contribution in [2.45, 2.75) is 6.42 Å². The van der Waals surface area contributed by atoms with Crippen molar-refractivity contribution in [2.24, 2.45) is 0 Å². The van der Waals surface area contributed by atoms with Crippen LogP contribution in [0.4, 0.5) is 4.39 Å². The Morgan fingerprint density at radius 2 is 2.29 bits per heavy atom. The van der Waals surface area contributed by atoms with Gasteiger partial charge in [-0.15, -0.1) is 0 Å². The van der Waals surface area contributed by atoms with Gasteiger partial charge in [0.2, 0.25) is 0 Å². The summed E-state index contributed by atoms with van der Waals surface area (Å²) in [5.41, 5.74) is 0.921. The van der Waals surface area contributed by atoms with E-state index in [0.29, 0.717) is 13.0 Å². The summed E-state index contributed by atoms with van der Waals surface area (Å²) >= 11 is 0. The van der Waals surface area contributed by atoms with Gasteiger partial charge in [0.25, 0.3) is 5.91 Å². The molecule has 0 spiro atoms. The SMILES string of the molecule is O=C(NCCc1cnc[nH]1)c1ccncc1F. The summed E-state index contributed by atoms with van der Waals surface area (Å²) < 4.78 is 13.2.